The third-order valence-electron chi connectivity index (χ3n) is 3.93. The molecule has 0 spiro atoms. The van der Waals surface area contributed by atoms with Crippen molar-refractivity contribution < 1.29 is 9.53 Å². The minimum atomic E-state index is -0.0501. The number of benzene rings is 1. The monoisotopic (exact) mass is 290 g/mol. The number of ether oxygens (including phenoxy) is 1. The molecule has 1 aromatic carbocycles. The molecule has 21 heavy (non-hydrogen) atoms. The van der Waals surface area contributed by atoms with Gasteiger partial charge >= 0.3 is 5.97 Å². The van der Waals surface area contributed by atoms with Crippen molar-refractivity contribution >= 4 is 5.97 Å². The van der Waals surface area contributed by atoms with E-state index in [-0.39, 0.29) is 17.3 Å². The van der Waals surface area contributed by atoms with E-state index in [9.17, 15) is 4.79 Å². The van der Waals surface area contributed by atoms with Crippen molar-refractivity contribution in [1.29, 1.82) is 0 Å². The molecular formula is C19H30O2. The van der Waals surface area contributed by atoms with Gasteiger partial charge in [-0.25, -0.2) is 0 Å². The highest BCUT2D eigenvalue weighted by molar-refractivity contribution is 5.72. The van der Waals surface area contributed by atoms with Gasteiger partial charge in [0.25, 0.3) is 0 Å². The summed E-state index contributed by atoms with van der Waals surface area (Å²) in [6, 6.07) is 8.36. The molecule has 0 saturated carbocycles. The molecule has 2 nitrogen and oxygen atoms in total. The van der Waals surface area contributed by atoms with Crippen LogP contribution in [0.5, 0.6) is 0 Å². The summed E-state index contributed by atoms with van der Waals surface area (Å²) in [4.78, 5) is 12.1. The summed E-state index contributed by atoms with van der Waals surface area (Å²) in [5.74, 6) is 0.00430. The molecule has 0 radical (unpaired) electrons. The van der Waals surface area contributed by atoms with Crippen molar-refractivity contribution in [3.05, 3.63) is 35.4 Å². The largest absolute Gasteiger partial charge is 0.461 e. The Morgan fingerprint density at radius 1 is 1.14 bits per heavy atom. The number of hydrogen-bond donors (Lipinski definition) is 0. The molecule has 0 heterocycles. The number of rotatable bonds is 7. The Kier molecular flexibility index (Phi) is 6.94. The van der Waals surface area contributed by atoms with Crippen LogP contribution in [-0.2, 0) is 21.6 Å². The Hall–Kier alpha value is -1.31. The smallest absolute Gasteiger partial charge is 0.309 e. The summed E-state index contributed by atoms with van der Waals surface area (Å²) in [5, 5.41) is 0. The van der Waals surface area contributed by atoms with E-state index in [0.29, 0.717) is 6.61 Å². The molecule has 0 aliphatic rings. The lowest BCUT2D eigenvalue weighted by molar-refractivity contribution is -0.150. The van der Waals surface area contributed by atoms with Crippen molar-refractivity contribution in [3.63, 3.8) is 0 Å². The molecule has 1 atom stereocenters. The summed E-state index contributed by atoms with van der Waals surface area (Å²) in [6.07, 6.45) is 4.02. The molecule has 2 heteroatoms. The summed E-state index contributed by atoms with van der Waals surface area (Å²) in [7, 11) is 0. The van der Waals surface area contributed by atoms with E-state index in [1.54, 1.807) is 0 Å². The predicted molar refractivity (Wildman–Crippen MR) is 88.2 cm³/mol. The van der Waals surface area contributed by atoms with Crippen molar-refractivity contribution in [2.45, 2.75) is 72.3 Å². The second-order valence-corrected chi connectivity index (χ2v) is 6.80. The molecule has 0 N–H and O–H groups in total. The van der Waals surface area contributed by atoms with E-state index >= 15 is 0 Å². The molecule has 0 aliphatic heterocycles. The van der Waals surface area contributed by atoms with Crippen LogP contribution in [0.15, 0.2) is 24.3 Å². The van der Waals surface area contributed by atoms with E-state index in [1.165, 1.54) is 5.56 Å². The highest BCUT2D eigenvalue weighted by Gasteiger charge is 2.17. The van der Waals surface area contributed by atoms with Crippen molar-refractivity contribution in [2.24, 2.45) is 5.92 Å². The first kappa shape index (κ1) is 17.7. The first-order chi connectivity index (χ1) is 9.88. The van der Waals surface area contributed by atoms with Gasteiger partial charge < -0.3 is 4.74 Å². The van der Waals surface area contributed by atoms with Crippen LogP contribution in [0.1, 0.15) is 71.4 Å². The molecular weight excluding hydrogens is 260 g/mol. The summed E-state index contributed by atoms with van der Waals surface area (Å²) in [6.45, 7) is 11.2. The minimum absolute atomic E-state index is 0.0501. The summed E-state index contributed by atoms with van der Waals surface area (Å²) < 4.78 is 5.46. The topological polar surface area (TPSA) is 26.3 Å². The van der Waals surface area contributed by atoms with Crippen molar-refractivity contribution in [2.75, 3.05) is 0 Å². The standard InChI is InChI=1S/C19H30O2/c1-6-8-9-16(7-2)18(20)21-14-15-10-12-17(13-11-15)19(3,4)5/h10-13,16H,6-9,14H2,1-5H3. The van der Waals surface area contributed by atoms with Gasteiger partial charge in [-0.2, -0.15) is 0 Å². The Balaban J connectivity index is 2.52. The average molecular weight is 290 g/mol. The number of carbonyl (C=O) groups excluding carboxylic acids is 1. The lowest BCUT2D eigenvalue weighted by Crippen LogP contribution is -2.17. The van der Waals surface area contributed by atoms with Crippen LogP contribution in [0.25, 0.3) is 0 Å². The van der Waals surface area contributed by atoms with E-state index < -0.39 is 0 Å². The fourth-order valence-corrected chi connectivity index (χ4v) is 2.31. The van der Waals surface area contributed by atoms with Crippen molar-refractivity contribution in [3.8, 4) is 0 Å². The van der Waals surface area contributed by atoms with Gasteiger partial charge in [0.15, 0.2) is 0 Å². The van der Waals surface area contributed by atoms with Crippen LogP contribution in [0.4, 0.5) is 0 Å². The van der Waals surface area contributed by atoms with Crippen LogP contribution in [-0.4, -0.2) is 5.97 Å². The van der Waals surface area contributed by atoms with Crippen LogP contribution in [0, 0.1) is 5.92 Å². The first-order valence-electron chi connectivity index (χ1n) is 8.14. The normalized spacial score (nSPS) is 13.0. The van der Waals surface area contributed by atoms with Crippen LogP contribution in [0.3, 0.4) is 0 Å². The lowest BCUT2D eigenvalue weighted by atomic mass is 9.87. The molecule has 1 aromatic rings. The zero-order chi connectivity index (χ0) is 15.9. The van der Waals surface area contributed by atoms with E-state index in [1.807, 2.05) is 0 Å². The number of carbonyl (C=O) groups is 1. The second-order valence-electron chi connectivity index (χ2n) is 6.80. The van der Waals surface area contributed by atoms with Gasteiger partial charge in [-0.15, -0.1) is 0 Å². The fourth-order valence-electron chi connectivity index (χ4n) is 2.31. The molecule has 0 saturated heterocycles. The Labute approximate surface area is 129 Å². The number of esters is 1. The van der Waals surface area contributed by atoms with Crippen molar-refractivity contribution in [1.82, 2.24) is 0 Å². The molecule has 0 fully saturated rings. The molecule has 0 aromatic heterocycles. The van der Waals surface area contributed by atoms with E-state index in [4.69, 9.17) is 4.74 Å². The number of hydrogen-bond acceptors (Lipinski definition) is 2. The Morgan fingerprint density at radius 3 is 2.24 bits per heavy atom. The predicted octanol–water partition coefficient (Wildman–Crippen LogP) is 5.24. The summed E-state index contributed by atoms with van der Waals surface area (Å²) in [5.41, 5.74) is 2.51. The fraction of sp³-hybridized carbons (Fsp3) is 0.632. The van der Waals surface area contributed by atoms with Gasteiger partial charge in [-0.3, -0.25) is 4.79 Å². The third kappa shape index (κ3) is 5.91. The molecule has 1 unspecified atom stereocenters. The SMILES string of the molecule is CCCCC(CC)C(=O)OCc1ccc(C(C)(C)C)cc1. The zero-order valence-electron chi connectivity index (χ0n) is 14.2. The van der Waals surface area contributed by atoms with Crippen LogP contribution >= 0.6 is 0 Å². The quantitative estimate of drug-likeness (QED) is 0.642. The van der Waals surface area contributed by atoms with Gasteiger partial charge in [0.2, 0.25) is 0 Å². The maximum Gasteiger partial charge on any atom is 0.309 e. The maximum atomic E-state index is 12.1. The summed E-state index contributed by atoms with van der Waals surface area (Å²) >= 11 is 0. The van der Waals surface area contributed by atoms with Crippen LogP contribution in [0.2, 0.25) is 0 Å². The van der Waals surface area contributed by atoms with Gasteiger partial charge in [-0.1, -0.05) is 71.7 Å². The molecule has 118 valence electrons. The highest BCUT2D eigenvalue weighted by Crippen LogP contribution is 2.22. The van der Waals surface area contributed by atoms with Gasteiger partial charge in [-0.05, 0) is 29.4 Å². The first-order valence-corrected chi connectivity index (χ1v) is 8.14. The van der Waals surface area contributed by atoms with E-state index in [2.05, 4.69) is 58.9 Å². The lowest BCUT2D eigenvalue weighted by Gasteiger charge is -2.19. The van der Waals surface area contributed by atoms with Gasteiger partial charge in [0.1, 0.15) is 6.61 Å². The molecule has 0 amide bonds. The third-order valence-corrected chi connectivity index (χ3v) is 3.93. The van der Waals surface area contributed by atoms with Crippen LogP contribution < -0.4 is 0 Å². The van der Waals surface area contributed by atoms with Gasteiger partial charge in [0.05, 0.1) is 5.92 Å². The zero-order valence-corrected chi connectivity index (χ0v) is 14.2. The Bertz CT molecular complexity index is 426. The molecule has 0 bridgehead atoms. The number of unbranched alkanes of at least 4 members (excludes halogenated alkanes) is 1. The average Bonchev–Trinajstić information content (AvgIpc) is 2.45. The highest BCUT2D eigenvalue weighted by atomic mass is 16.5. The maximum absolute atomic E-state index is 12.1. The molecule has 1 rings (SSSR count). The van der Waals surface area contributed by atoms with Gasteiger partial charge in [0, 0.05) is 0 Å². The molecule has 0 aliphatic carbocycles. The second kappa shape index (κ2) is 8.21. The minimum Gasteiger partial charge on any atom is -0.461 e. The Morgan fingerprint density at radius 2 is 1.76 bits per heavy atom. The van der Waals surface area contributed by atoms with E-state index in [0.717, 1.165) is 31.2 Å².